The number of aryl methyl sites for hydroxylation is 2. The summed E-state index contributed by atoms with van der Waals surface area (Å²) >= 11 is 0. The summed E-state index contributed by atoms with van der Waals surface area (Å²) in [6.45, 7) is 3.85. The molecule has 0 aromatic heterocycles. The van der Waals surface area contributed by atoms with Gasteiger partial charge in [0.1, 0.15) is 5.75 Å². The van der Waals surface area contributed by atoms with Crippen molar-refractivity contribution in [1.82, 2.24) is 0 Å². The van der Waals surface area contributed by atoms with Crippen molar-refractivity contribution in [3.8, 4) is 5.75 Å². The topological polar surface area (TPSA) is 46.2 Å². The number of phenols is 1. The summed E-state index contributed by atoms with van der Waals surface area (Å²) in [5.41, 5.74) is 10.7. The lowest BCUT2D eigenvalue weighted by atomic mass is 10.00. The molecule has 0 aliphatic rings. The highest BCUT2D eigenvalue weighted by Crippen LogP contribution is 2.24. The lowest BCUT2D eigenvalue weighted by molar-refractivity contribution is 0.466. The van der Waals surface area contributed by atoms with Crippen molar-refractivity contribution in [3.63, 3.8) is 0 Å². The normalized spacial score (nSPS) is 10.5. The zero-order chi connectivity index (χ0) is 12.4. The molecule has 0 heterocycles. The molecule has 2 heteroatoms. The van der Waals surface area contributed by atoms with Gasteiger partial charge in [0.05, 0.1) is 0 Å². The molecule has 0 bridgehead atoms. The highest BCUT2D eigenvalue weighted by Gasteiger charge is 2.04. The predicted molar refractivity (Wildman–Crippen MR) is 71.2 cm³/mol. The molecule has 0 aliphatic carbocycles. The van der Waals surface area contributed by atoms with Gasteiger partial charge in [0.2, 0.25) is 0 Å². The van der Waals surface area contributed by atoms with E-state index in [0.29, 0.717) is 5.75 Å². The predicted octanol–water partition coefficient (Wildman–Crippen LogP) is 3.18. The molecule has 0 fully saturated rings. The number of benzene rings is 2. The molecule has 3 N–H and O–H groups in total. The molecule has 2 nitrogen and oxygen atoms in total. The number of hydrogen-bond acceptors (Lipinski definition) is 2. The maximum atomic E-state index is 9.72. The van der Waals surface area contributed by atoms with Crippen LogP contribution in [0.2, 0.25) is 0 Å². The van der Waals surface area contributed by atoms with Gasteiger partial charge in [-0.3, -0.25) is 0 Å². The first-order chi connectivity index (χ1) is 8.06. The van der Waals surface area contributed by atoms with Gasteiger partial charge in [0, 0.05) is 5.69 Å². The molecule has 0 radical (unpaired) electrons. The average molecular weight is 227 g/mol. The Balaban J connectivity index is 2.27. The van der Waals surface area contributed by atoms with Crippen LogP contribution in [0.15, 0.2) is 36.4 Å². The van der Waals surface area contributed by atoms with Gasteiger partial charge >= 0.3 is 0 Å². The quantitative estimate of drug-likeness (QED) is 0.774. The van der Waals surface area contributed by atoms with Gasteiger partial charge in [-0.05, 0) is 54.7 Å². The molecule has 0 saturated carbocycles. The van der Waals surface area contributed by atoms with E-state index < -0.39 is 0 Å². The van der Waals surface area contributed by atoms with Crippen LogP contribution in [0, 0.1) is 13.8 Å². The summed E-state index contributed by atoms with van der Waals surface area (Å²) in [5.74, 6) is 0.394. The minimum Gasteiger partial charge on any atom is -0.507 e. The molecule has 2 aromatic carbocycles. The van der Waals surface area contributed by atoms with E-state index >= 15 is 0 Å². The Morgan fingerprint density at radius 1 is 0.941 bits per heavy atom. The summed E-state index contributed by atoms with van der Waals surface area (Å²) in [7, 11) is 0. The summed E-state index contributed by atoms with van der Waals surface area (Å²) < 4.78 is 0. The third-order valence-corrected chi connectivity index (χ3v) is 2.94. The largest absolute Gasteiger partial charge is 0.507 e. The van der Waals surface area contributed by atoms with Gasteiger partial charge < -0.3 is 10.8 Å². The minimum atomic E-state index is 0.394. The van der Waals surface area contributed by atoms with E-state index in [1.54, 1.807) is 0 Å². The van der Waals surface area contributed by atoms with Crippen LogP contribution in [-0.2, 0) is 6.42 Å². The molecular formula is C15H17NO. The second-order valence-electron chi connectivity index (χ2n) is 4.50. The van der Waals surface area contributed by atoms with E-state index in [2.05, 4.69) is 0 Å². The van der Waals surface area contributed by atoms with Crippen LogP contribution in [0.3, 0.4) is 0 Å². The second-order valence-corrected chi connectivity index (χ2v) is 4.50. The van der Waals surface area contributed by atoms with Crippen molar-refractivity contribution < 1.29 is 5.11 Å². The molecule has 0 amide bonds. The fourth-order valence-corrected chi connectivity index (χ4v) is 2.02. The molecule has 2 rings (SSSR count). The first kappa shape index (κ1) is 11.5. The molecule has 0 atom stereocenters. The number of hydrogen-bond donors (Lipinski definition) is 2. The first-order valence-corrected chi connectivity index (χ1v) is 5.70. The van der Waals surface area contributed by atoms with Gasteiger partial charge in [-0.1, -0.05) is 24.3 Å². The second kappa shape index (κ2) is 4.50. The molecule has 88 valence electrons. The molecule has 2 aromatic rings. The Labute approximate surface area is 102 Å². The van der Waals surface area contributed by atoms with Crippen molar-refractivity contribution >= 4 is 5.69 Å². The minimum absolute atomic E-state index is 0.394. The van der Waals surface area contributed by atoms with Gasteiger partial charge in [-0.2, -0.15) is 0 Å². The Kier molecular flexibility index (Phi) is 3.05. The summed E-state index contributed by atoms with van der Waals surface area (Å²) in [5, 5.41) is 9.72. The molecule has 0 spiro atoms. The van der Waals surface area contributed by atoms with E-state index in [0.717, 1.165) is 23.2 Å². The maximum absolute atomic E-state index is 9.72. The van der Waals surface area contributed by atoms with Crippen LogP contribution in [0.1, 0.15) is 22.3 Å². The van der Waals surface area contributed by atoms with Crippen LogP contribution < -0.4 is 5.73 Å². The van der Waals surface area contributed by atoms with E-state index in [-0.39, 0.29) is 0 Å². The van der Waals surface area contributed by atoms with Crippen molar-refractivity contribution in [2.24, 2.45) is 0 Å². The van der Waals surface area contributed by atoms with Crippen molar-refractivity contribution in [3.05, 3.63) is 58.7 Å². The standard InChI is InChI=1S/C15H17NO/c1-10-7-13(8-11(2)15(10)17)9-12-3-5-14(16)6-4-12/h3-8,17H,9,16H2,1-2H3. The summed E-state index contributed by atoms with van der Waals surface area (Å²) in [6, 6.07) is 11.9. The molecule has 0 unspecified atom stereocenters. The van der Waals surface area contributed by atoms with Crippen molar-refractivity contribution in [1.29, 1.82) is 0 Å². The number of nitrogen functional groups attached to an aromatic ring is 1. The molecule has 0 aliphatic heterocycles. The van der Waals surface area contributed by atoms with Crippen molar-refractivity contribution in [2.75, 3.05) is 5.73 Å². The SMILES string of the molecule is Cc1cc(Cc2ccc(N)cc2)cc(C)c1O. The van der Waals surface area contributed by atoms with Crippen LogP contribution >= 0.6 is 0 Å². The fraction of sp³-hybridized carbons (Fsp3) is 0.200. The summed E-state index contributed by atoms with van der Waals surface area (Å²) in [4.78, 5) is 0. The Morgan fingerprint density at radius 3 is 2.00 bits per heavy atom. The fourth-order valence-electron chi connectivity index (χ4n) is 2.02. The Morgan fingerprint density at radius 2 is 1.47 bits per heavy atom. The number of nitrogens with two attached hydrogens (primary N) is 1. The van der Waals surface area contributed by atoms with E-state index in [9.17, 15) is 5.11 Å². The monoisotopic (exact) mass is 227 g/mol. The van der Waals surface area contributed by atoms with Crippen LogP contribution in [0.25, 0.3) is 0 Å². The van der Waals surface area contributed by atoms with E-state index in [4.69, 9.17) is 5.73 Å². The maximum Gasteiger partial charge on any atom is 0.121 e. The Hall–Kier alpha value is -1.96. The molecular weight excluding hydrogens is 210 g/mol. The zero-order valence-electron chi connectivity index (χ0n) is 10.2. The Bertz CT molecular complexity index is 506. The van der Waals surface area contributed by atoms with Crippen LogP contribution in [0.4, 0.5) is 5.69 Å². The van der Waals surface area contributed by atoms with Crippen LogP contribution in [0.5, 0.6) is 5.75 Å². The molecule has 17 heavy (non-hydrogen) atoms. The van der Waals surface area contributed by atoms with Gasteiger partial charge in [0.15, 0.2) is 0 Å². The number of rotatable bonds is 2. The summed E-state index contributed by atoms with van der Waals surface area (Å²) in [6.07, 6.45) is 0.863. The average Bonchev–Trinajstić information content (AvgIpc) is 2.29. The lowest BCUT2D eigenvalue weighted by Crippen LogP contribution is -1.92. The third kappa shape index (κ3) is 2.59. The van der Waals surface area contributed by atoms with Crippen molar-refractivity contribution in [2.45, 2.75) is 20.3 Å². The van der Waals surface area contributed by atoms with Gasteiger partial charge in [-0.25, -0.2) is 0 Å². The number of anilines is 1. The number of aromatic hydroxyl groups is 1. The highest BCUT2D eigenvalue weighted by atomic mass is 16.3. The number of phenolic OH excluding ortho intramolecular Hbond substituents is 1. The molecule has 0 saturated heterocycles. The first-order valence-electron chi connectivity index (χ1n) is 5.70. The smallest absolute Gasteiger partial charge is 0.121 e. The van der Waals surface area contributed by atoms with E-state index in [1.807, 2.05) is 50.2 Å². The third-order valence-electron chi connectivity index (χ3n) is 2.94. The van der Waals surface area contributed by atoms with Crippen LogP contribution in [-0.4, -0.2) is 5.11 Å². The van der Waals surface area contributed by atoms with E-state index in [1.165, 1.54) is 11.1 Å². The lowest BCUT2D eigenvalue weighted by Gasteiger charge is -2.08. The van der Waals surface area contributed by atoms with Gasteiger partial charge in [0.25, 0.3) is 0 Å². The highest BCUT2D eigenvalue weighted by molar-refractivity contribution is 5.45. The van der Waals surface area contributed by atoms with Gasteiger partial charge in [-0.15, -0.1) is 0 Å². The zero-order valence-corrected chi connectivity index (χ0v) is 10.2.